The summed E-state index contributed by atoms with van der Waals surface area (Å²) in [5, 5.41) is 5.95. The zero-order chi connectivity index (χ0) is 19.4. The number of benzene rings is 1. The van der Waals surface area contributed by atoms with Crippen molar-refractivity contribution in [1.29, 1.82) is 0 Å². The smallest absolute Gasteiger partial charge is 0.240 e. The van der Waals surface area contributed by atoms with Gasteiger partial charge in [0.25, 0.3) is 0 Å². The molecule has 1 fully saturated rings. The van der Waals surface area contributed by atoms with Crippen molar-refractivity contribution in [3.8, 4) is 5.75 Å². The van der Waals surface area contributed by atoms with Crippen molar-refractivity contribution in [2.45, 2.75) is 25.1 Å². The number of hydrogen-bond acceptors (Lipinski definition) is 6. The molecule has 9 heteroatoms. The maximum Gasteiger partial charge on any atom is 0.240 e. The summed E-state index contributed by atoms with van der Waals surface area (Å²) in [5.74, 6) is 0.620. The van der Waals surface area contributed by atoms with Crippen molar-refractivity contribution in [3.05, 3.63) is 46.9 Å². The average molecular weight is 408 g/mol. The highest BCUT2D eigenvalue weighted by Gasteiger charge is 2.32. The Morgan fingerprint density at radius 3 is 3.00 bits per heavy atom. The van der Waals surface area contributed by atoms with Crippen LogP contribution >= 0.6 is 23.4 Å². The molecule has 2 amide bonds. The zero-order valence-electron chi connectivity index (χ0n) is 14.7. The second kappa shape index (κ2) is 8.49. The summed E-state index contributed by atoms with van der Waals surface area (Å²) in [5.41, 5.74) is 1.33. The lowest BCUT2D eigenvalue weighted by molar-refractivity contribution is -0.122. The lowest BCUT2D eigenvalue weighted by atomic mass is 10.2. The van der Waals surface area contributed by atoms with Crippen molar-refractivity contribution in [3.63, 3.8) is 0 Å². The Morgan fingerprint density at radius 1 is 1.48 bits per heavy atom. The van der Waals surface area contributed by atoms with Gasteiger partial charge in [0.05, 0.1) is 25.6 Å². The molecule has 142 valence electrons. The number of thioether (sulfide) groups is 1. The number of carbonyl (C=O) groups is 2. The maximum atomic E-state index is 12.4. The van der Waals surface area contributed by atoms with Gasteiger partial charge in [-0.25, -0.2) is 0 Å². The maximum absolute atomic E-state index is 12.4. The fraction of sp³-hybridized carbons (Fsp3) is 0.278. The molecule has 27 heavy (non-hydrogen) atoms. The molecule has 1 unspecified atom stereocenters. The molecule has 0 bridgehead atoms. The van der Waals surface area contributed by atoms with Crippen molar-refractivity contribution in [1.82, 2.24) is 5.32 Å². The summed E-state index contributed by atoms with van der Waals surface area (Å²) in [6, 6.07) is 6.95. The summed E-state index contributed by atoms with van der Waals surface area (Å²) >= 11 is 7.30. The lowest BCUT2D eigenvalue weighted by Gasteiger charge is -2.13. The van der Waals surface area contributed by atoms with Crippen LogP contribution < -0.4 is 15.4 Å². The third kappa shape index (κ3) is 4.84. The molecule has 7 nitrogen and oxygen atoms in total. The van der Waals surface area contributed by atoms with Gasteiger partial charge in [-0.05, 0) is 30.7 Å². The van der Waals surface area contributed by atoms with Crippen LogP contribution in [0.3, 0.4) is 0 Å². The van der Waals surface area contributed by atoms with Crippen molar-refractivity contribution in [2.24, 2.45) is 4.99 Å². The standard InChI is InChI=1S/C18H18ClN3O4S/c1-10-6-13(14(25-2)7-12(10)19)21-16(23)8-15-17(24)22-18(27-15)20-9-11-4-3-5-26-11/h3-7,15H,8-9H2,1-2H3,(H,21,23)(H,20,22,24). The van der Waals surface area contributed by atoms with E-state index in [-0.39, 0.29) is 18.2 Å². The number of carbonyl (C=O) groups excluding carboxylic acids is 2. The first-order chi connectivity index (χ1) is 13.0. The van der Waals surface area contributed by atoms with Crippen molar-refractivity contribution in [2.75, 3.05) is 12.4 Å². The van der Waals surface area contributed by atoms with E-state index in [0.29, 0.717) is 33.9 Å². The van der Waals surface area contributed by atoms with Gasteiger partial charge in [-0.15, -0.1) is 0 Å². The van der Waals surface area contributed by atoms with E-state index < -0.39 is 5.25 Å². The molecule has 1 aromatic carbocycles. The largest absolute Gasteiger partial charge is 0.495 e. The van der Waals surface area contributed by atoms with Crippen LogP contribution in [0.4, 0.5) is 5.69 Å². The number of furan rings is 1. The van der Waals surface area contributed by atoms with Crippen LogP contribution in [0.5, 0.6) is 5.75 Å². The molecule has 0 saturated carbocycles. The number of nitrogens with zero attached hydrogens (tertiary/aromatic N) is 1. The summed E-state index contributed by atoms with van der Waals surface area (Å²) in [4.78, 5) is 28.8. The molecule has 0 spiro atoms. The van der Waals surface area contributed by atoms with Crippen molar-refractivity contribution >= 4 is 46.0 Å². The number of amidine groups is 1. The lowest BCUT2D eigenvalue weighted by Crippen LogP contribution is -2.28. The van der Waals surface area contributed by atoms with Gasteiger partial charge in [0.2, 0.25) is 11.8 Å². The Hall–Kier alpha value is -2.45. The molecule has 1 aromatic heterocycles. The summed E-state index contributed by atoms with van der Waals surface area (Å²) in [6.07, 6.45) is 1.58. The van der Waals surface area contributed by atoms with E-state index in [1.54, 1.807) is 30.5 Å². The number of ether oxygens (including phenoxy) is 1. The Kier molecular flexibility index (Phi) is 6.08. The van der Waals surface area contributed by atoms with E-state index in [4.69, 9.17) is 20.8 Å². The predicted molar refractivity (Wildman–Crippen MR) is 105 cm³/mol. The number of halogens is 1. The number of hydrogen-bond donors (Lipinski definition) is 2. The first-order valence-corrected chi connectivity index (χ1v) is 9.40. The molecule has 2 aromatic rings. The van der Waals surface area contributed by atoms with E-state index >= 15 is 0 Å². The highest BCUT2D eigenvalue weighted by atomic mass is 35.5. The van der Waals surface area contributed by atoms with Gasteiger partial charge in [0, 0.05) is 17.5 Å². The van der Waals surface area contributed by atoms with Crippen LogP contribution in [0, 0.1) is 6.92 Å². The molecule has 2 heterocycles. The second-order valence-electron chi connectivity index (χ2n) is 5.85. The monoisotopic (exact) mass is 407 g/mol. The van der Waals surface area contributed by atoms with Crippen LogP contribution in [0.1, 0.15) is 17.7 Å². The molecular formula is C18H18ClN3O4S. The molecule has 0 aliphatic carbocycles. The van der Waals surface area contributed by atoms with Gasteiger partial charge in [0.15, 0.2) is 5.17 Å². The number of anilines is 1. The Labute approximate surface area is 165 Å². The highest BCUT2D eigenvalue weighted by molar-refractivity contribution is 8.15. The molecule has 1 aliphatic heterocycles. The topological polar surface area (TPSA) is 92.9 Å². The fourth-order valence-electron chi connectivity index (χ4n) is 2.47. The average Bonchev–Trinajstić information content (AvgIpc) is 3.26. The fourth-order valence-corrected chi connectivity index (χ4v) is 3.59. The quantitative estimate of drug-likeness (QED) is 0.765. The van der Waals surface area contributed by atoms with Crippen LogP contribution in [-0.4, -0.2) is 29.3 Å². The Morgan fingerprint density at radius 2 is 2.30 bits per heavy atom. The van der Waals surface area contributed by atoms with Crippen LogP contribution in [-0.2, 0) is 16.1 Å². The second-order valence-corrected chi connectivity index (χ2v) is 7.45. The van der Waals surface area contributed by atoms with Crippen molar-refractivity contribution < 1.29 is 18.7 Å². The predicted octanol–water partition coefficient (Wildman–Crippen LogP) is 3.37. The molecule has 1 atom stereocenters. The van der Waals surface area contributed by atoms with Gasteiger partial charge >= 0.3 is 0 Å². The highest BCUT2D eigenvalue weighted by Crippen LogP contribution is 2.31. The first kappa shape index (κ1) is 19.3. The number of amides is 2. The van der Waals surface area contributed by atoms with Gasteiger partial charge in [0.1, 0.15) is 16.8 Å². The number of methoxy groups -OCH3 is 1. The molecule has 1 saturated heterocycles. The van der Waals surface area contributed by atoms with E-state index in [1.807, 2.05) is 6.92 Å². The van der Waals surface area contributed by atoms with E-state index in [9.17, 15) is 9.59 Å². The van der Waals surface area contributed by atoms with Gasteiger partial charge < -0.3 is 19.8 Å². The van der Waals surface area contributed by atoms with E-state index in [1.165, 1.54) is 18.9 Å². The Balaban J connectivity index is 1.60. The third-order valence-electron chi connectivity index (χ3n) is 3.86. The van der Waals surface area contributed by atoms with Crippen LogP contribution in [0.15, 0.2) is 39.9 Å². The molecule has 2 N–H and O–H groups in total. The molecule has 0 radical (unpaired) electrons. The van der Waals surface area contributed by atoms with Gasteiger partial charge in [-0.3, -0.25) is 14.6 Å². The number of nitrogens with one attached hydrogen (secondary N) is 2. The minimum absolute atomic E-state index is 0.0150. The number of rotatable bonds is 6. The minimum Gasteiger partial charge on any atom is -0.495 e. The number of aliphatic imine (C=N–C) groups is 1. The summed E-state index contributed by atoms with van der Waals surface area (Å²) < 4.78 is 10.4. The van der Waals surface area contributed by atoms with Gasteiger partial charge in [-0.2, -0.15) is 0 Å². The van der Waals surface area contributed by atoms with Gasteiger partial charge in [-0.1, -0.05) is 23.4 Å². The normalized spacial score (nSPS) is 17.8. The number of aryl methyl sites for hydroxylation is 1. The third-order valence-corrected chi connectivity index (χ3v) is 5.39. The van der Waals surface area contributed by atoms with E-state index in [0.717, 1.165) is 5.56 Å². The van der Waals surface area contributed by atoms with E-state index in [2.05, 4.69) is 15.6 Å². The minimum atomic E-state index is -0.542. The van der Waals surface area contributed by atoms with Crippen LogP contribution in [0.25, 0.3) is 0 Å². The molecule has 3 rings (SSSR count). The van der Waals surface area contributed by atoms with Crippen LogP contribution in [0.2, 0.25) is 5.02 Å². The SMILES string of the molecule is COc1cc(Cl)c(C)cc1NC(=O)CC1SC(=NCc2ccco2)NC1=O. The molecular weight excluding hydrogens is 390 g/mol. The Bertz CT molecular complexity index is 883. The summed E-state index contributed by atoms with van der Waals surface area (Å²) in [6.45, 7) is 2.16. The zero-order valence-corrected chi connectivity index (χ0v) is 16.3. The molecule has 1 aliphatic rings. The summed E-state index contributed by atoms with van der Waals surface area (Å²) in [7, 11) is 1.50. The first-order valence-electron chi connectivity index (χ1n) is 8.14.